The summed E-state index contributed by atoms with van der Waals surface area (Å²) in [4.78, 5) is 20.6. The zero-order valence-electron chi connectivity index (χ0n) is 13.1. The summed E-state index contributed by atoms with van der Waals surface area (Å²) in [5, 5.41) is 10.9. The van der Waals surface area contributed by atoms with Gasteiger partial charge in [0.2, 0.25) is 5.91 Å². The van der Waals surface area contributed by atoms with E-state index in [1.807, 2.05) is 17.3 Å². The highest BCUT2D eigenvalue weighted by Crippen LogP contribution is 2.06. The molecule has 8 heteroatoms. The van der Waals surface area contributed by atoms with Crippen molar-refractivity contribution in [1.82, 2.24) is 35.0 Å². The highest BCUT2D eigenvalue weighted by atomic mass is 16.2. The molecule has 0 aromatic carbocycles. The van der Waals surface area contributed by atoms with Crippen molar-refractivity contribution in [2.45, 2.75) is 19.4 Å². The number of aryl methyl sites for hydroxylation is 1. The first-order valence-corrected chi connectivity index (χ1v) is 7.91. The van der Waals surface area contributed by atoms with Crippen LogP contribution < -0.4 is 0 Å². The topological polar surface area (TPSA) is 80.0 Å². The summed E-state index contributed by atoms with van der Waals surface area (Å²) in [5.74, 6) is 0.175. The van der Waals surface area contributed by atoms with Crippen molar-refractivity contribution < 1.29 is 4.79 Å². The molecular formula is C15H21N7O. The molecule has 8 nitrogen and oxygen atoms in total. The lowest BCUT2D eigenvalue weighted by Gasteiger charge is -2.34. The van der Waals surface area contributed by atoms with Gasteiger partial charge in [0.25, 0.3) is 0 Å². The number of nitrogens with zero attached hydrogens (tertiary/aromatic N) is 7. The van der Waals surface area contributed by atoms with Gasteiger partial charge in [0, 0.05) is 51.5 Å². The van der Waals surface area contributed by atoms with Crippen molar-refractivity contribution in [3.63, 3.8) is 0 Å². The molecule has 1 saturated heterocycles. The molecule has 0 unspecified atom stereocenters. The lowest BCUT2D eigenvalue weighted by molar-refractivity contribution is -0.133. The van der Waals surface area contributed by atoms with Crippen LogP contribution in [0.3, 0.4) is 0 Å². The van der Waals surface area contributed by atoms with Crippen LogP contribution in [-0.2, 0) is 17.8 Å². The van der Waals surface area contributed by atoms with Gasteiger partial charge in [-0.15, -0.1) is 5.10 Å². The van der Waals surface area contributed by atoms with E-state index in [9.17, 15) is 4.79 Å². The SMILES string of the molecule is O=C(CCn1cnnn1)N1CCN(CCc2ccncc2)CC1. The molecular weight excluding hydrogens is 294 g/mol. The average Bonchev–Trinajstić information content (AvgIpc) is 3.13. The van der Waals surface area contributed by atoms with Crippen LogP contribution in [0.2, 0.25) is 0 Å². The molecule has 1 aliphatic rings. The van der Waals surface area contributed by atoms with Gasteiger partial charge >= 0.3 is 0 Å². The smallest absolute Gasteiger partial charge is 0.224 e. The van der Waals surface area contributed by atoms with Crippen molar-refractivity contribution >= 4 is 5.91 Å². The quantitative estimate of drug-likeness (QED) is 0.737. The van der Waals surface area contributed by atoms with Crippen LogP contribution in [-0.4, -0.2) is 73.6 Å². The molecule has 0 atom stereocenters. The molecule has 2 aromatic heterocycles. The zero-order valence-corrected chi connectivity index (χ0v) is 13.1. The zero-order chi connectivity index (χ0) is 15.9. The fourth-order valence-electron chi connectivity index (χ4n) is 2.71. The monoisotopic (exact) mass is 315 g/mol. The molecule has 2 aromatic rings. The molecule has 3 rings (SSSR count). The Balaban J connectivity index is 1.37. The molecule has 0 bridgehead atoms. The number of carbonyl (C=O) groups excluding carboxylic acids is 1. The van der Waals surface area contributed by atoms with Crippen molar-refractivity contribution in [3.8, 4) is 0 Å². The second-order valence-corrected chi connectivity index (χ2v) is 5.65. The molecule has 3 heterocycles. The molecule has 1 fully saturated rings. The van der Waals surface area contributed by atoms with E-state index in [0.717, 1.165) is 39.1 Å². The molecule has 0 saturated carbocycles. The number of rotatable bonds is 6. The molecule has 0 radical (unpaired) electrons. The Kier molecular flexibility index (Phi) is 5.25. The lowest BCUT2D eigenvalue weighted by atomic mass is 10.2. The number of aromatic nitrogens is 5. The fourth-order valence-corrected chi connectivity index (χ4v) is 2.71. The van der Waals surface area contributed by atoms with E-state index in [2.05, 4.69) is 37.5 Å². The Morgan fingerprint density at radius 3 is 2.57 bits per heavy atom. The van der Waals surface area contributed by atoms with E-state index >= 15 is 0 Å². The van der Waals surface area contributed by atoms with Crippen LogP contribution in [0.4, 0.5) is 0 Å². The Hall–Kier alpha value is -2.35. The highest BCUT2D eigenvalue weighted by molar-refractivity contribution is 5.76. The molecule has 1 amide bonds. The molecule has 0 N–H and O–H groups in total. The number of hydrogen-bond donors (Lipinski definition) is 0. The number of piperazine rings is 1. The van der Waals surface area contributed by atoms with Gasteiger partial charge in [-0.3, -0.25) is 14.7 Å². The summed E-state index contributed by atoms with van der Waals surface area (Å²) < 4.78 is 1.59. The van der Waals surface area contributed by atoms with Gasteiger partial charge in [0.15, 0.2) is 0 Å². The largest absolute Gasteiger partial charge is 0.340 e. The second-order valence-electron chi connectivity index (χ2n) is 5.65. The Morgan fingerprint density at radius 1 is 1.09 bits per heavy atom. The van der Waals surface area contributed by atoms with Gasteiger partial charge in [0.05, 0.1) is 6.54 Å². The van der Waals surface area contributed by atoms with Gasteiger partial charge in [-0.2, -0.15) is 0 Å². The first-order chi connectivity index (χ1) is 11.3. The van der Waals surface area contributed by atoms with Crippen molar-refractivity contribution in [3.05, 3.63) is 36.4 Å². The van der Waals surface area contributed by atoms with Crippen LogP contribution >= 0.6 is 0 Å². The average molecular weight is 315 g/mol. The van der Waals surface area contributed by atoms with E-state index in [1.165, 1.54) is 11.9 Å². The van der Waals surface area contributed by atoms with E-state index in [0.29, 0.717) is 13.0 Å². The van der Waals surface area contributed by atoms with Crippen molar-refractivity contribution in [1.29, 1.82) is 0 Å². The number of amides is 1. The molecule has 0 aliphatic carbocycles. The van der Waals surface area contributed by atoms with E-state index in [-0.39, 0.29) is 5.91 Å². The minimum absolute atomic E-state index is 0.175. The predicted molar refractivity (Wildman–Crippen MR) is 83.4 cm³/mol. The van der Waals surface area contributed by atoms with E-state index in [1.54, 1.807) is 4.68 Å². The number of hydrogen-bond acceptors (Lipinski definition) is 6. The van der Waals surface area contributed by atoms with Gasteiger partial charge in [0.1, 0.15) is 6.33 Å². The Bertz CT molecular complexity index is 594. The third kappa shape index (κ3) is 4.56. The minimum Gasteiger partial charge on any atom is -0.340 e. The Morgan fingerprint density at radius 2 is 1.87 bits per heavy atom. The molecule has 23 heavy (non-hydrogen) atoms. The van der Waals surface area contributed by atoms with Gasteiger partial charge < -0.3 is 4.90 Å². The van der Waals surface area contributed by atoms with Crippen LogP contribution in [0.1, 0.15) is 12.0 Å². The van der Waals surface area contributed by atoms with Crippen molar-refractivity contribution in [2.75, 3.05) is 32.7 Å². The first kappa shape index (κ1) is 15.5. The van der Waals surface area contributed by atoms with Crippen LogP contribution in [0.15, 0.2) is 30.9 Å². The fraction of sp³-hybridized carbons (Fsp3) is 0.533. The normalized spacial score (nSPS) is 15.7. The maximum Gasteiger partial charge on any atom is 0.224 e. The van der Waals surface area contributed by atoms with E-state index in [4.69, 9.17) is 0 Å². The van der Waals surface area contributed by atoms with Gasteiger partial charge in [-0.25, -0.2) is 4.68 Å². The minimum atomic E-state index is 0.175. The second kappa shape index (κ2) is 7.77. The third-order valence-electron chi connectivity index (χ3n) is 4.14. The van der Waals surface area contributed by atoms with Gasteiger partial charge in [-0.05, 0) is 34.5 Å². The van der Waals surface area contributed by atoms with Crippen LogP contribution in [0, 0.1) is 0 Å². The summed E-state index contributed by atoms with van der Waals surface area (Å²) in [5.41, 5.74) is 1.31. The number of tetrazole rings is 1. The lowest BCUT2D eigenvalue weighted by Crippen LogP contribution is -2.49. The van der Waals surface area contributed by atoms with Crippen LogP contribution in [0.25, 0.3) is 0 Å². The summed E-state index contributed by atoms with van der Waals surface area (Å²) in [7, 11) is 0. The van der Waals surface area contributed by atoms with E-state index < -0.39 is 0 Å². The standard InChI is InChI=1S/C15H21N7O/c23-15(4-8-22-13-17-18-19-22)21-11-9-20(10-12-21)7-3-14-1-5-16-6-2-14/h1-2,5-6,13H,3-4,7-12H2. The molecule has 1 aliphatic heterocycles. The maximum atomic E-state index is 12.2. The predicted octanol–water partition coefficient (Wildman–Crippen LogP) is -0.155. The highest BCUT2D eigenvalue weighted by Gasteiger charge is 2.20. The van der Waals surface area contributed by atoms with Crippen molar-refractivity contribution in [2.24, 2.45) is 0 Å². The summed E-state index contributed by atoms with van der Waals surface area (Å²) >= 11 is 0. The first-order valence-electron chi connectivity index (χ1n) is 7.91. The molecule has 0 spiro atoms. The van der Waals surface area contributed by atoms with Crippen LogP contribution in [0.5, 0.6) is 0 Å². The summed E-state index contributed by atoms with van der Waals surface area (Å²) in [6, 6.07) is 4.11. The maximum absolute atomic E-state index is 12.2. The Labute approximate surface area is 135 Å². The summed E-state index contributed by atoms with van der Waals surface area (Å²) in [6.45, 7) is 5.02. The summed E-state index contributed by atoms with van der Waals surface area (Å²) in [6.07, 6.45) is 6.66. The van der Waals surface area contributed by atoms with Gasteiger partial charge in [-0.1, -0.05) is 0 Å². The number of pyridine rings is 1. The third-order valence-corrected chi connectivity index (χ3v) is 4.14. The number of carbonyl (C=O) groups is 1. The molecule has 122 valence electrons.